The fourth-order valence-electron chi connectivity index (χ4n) is 3.03. The molecular formula is C16H24FNO. The van der Waals surface area contributed by atoms with E-state index >= 15 is 0 Å². The van der Waals surface area contributed by atoms with Crippen molar-refractivity contribution >= 4 is 5.69 Å². The number of benzene rings is 1. The molecule has 1 heterocycles. The van der Waals surface area contributed by atoms with Gasteiger partial charge >= 0.3 is 0 Å². The summed E-state index contributed by atoms with van der Waals surface area (Å²) in [7, 11) is 0. The molecular weight excluding hydrogens is 241 g/mol. The minimum absolute atomic E-state index is 0.238. The van der Waals surface area contributed by atoms with E-state index in [1.54, 1.807) is 13.8 Å². The van der Waals surface area contributed by atoms with Crippen molar-refractivity contribution in [2.45, 2.75) is 52.7 Å². The molecule has 106 valence electrons. The van der Waals surface area contributed by atoms with Crippen LogP contribution in [0.2, 0.25) is 0 Å². The number of hydrogen-bond donors (Lipinski definition) is 1. The summed E-state index contributed by atoms with van der Waals surface area (Å²) in [4.78, 5) is 2.31. The number of piperidine rings is 1. The van der Waals surface area contributed by atoms with Crippen molar-refractivity contribution in [3.05, 3.63) is 29.1 Å². The Hall–Kier alpha value is -1.09. The fourth-order valence-corrected chi connectivity index (χ4v) is 3.03. The zero-order valence-corrected chi connectivity index (χ0v) is 12.3. The van der Waals surface area contributed by atoms with E-state index in [0.717, 1.165) is 31.0 Å². The second-order valence-corrected chi connectivity index (χ2v) is 6.01. The number of hydrogen-bond acceptors (Lipinski definition) is 2. The molecule has 0 bridgehead atoms. The zero-order valence-electron chi connectivity index (χ0n) is 12.3. The molecule has 0 aromatic heterocycles. The van der Waals surface area contributed by atoms with Gasteiger partial charge in [-0.1, -0.05) is 6.92 Å². The number of rotatable bonds is 2. The Morgan fingerprint density at radius 2 is 2.05 bits per heavy atom. The maximum Gasteiger partial charge on any atom is 0.126 e. The van der Waals surface area contributed by atoms with Crippen LogP contribution in [0.5, 0.6) is 0 Å². The third-order valence-electron chi connectivity index (χ3n) is 4.21. The molecule has 3 atom stereocenters. The van der Waals surface area contributed by atoms with Gasteiger partial charge in [0.25, 0.3) is 0 Å². The lowest BCUT2D eigenvalue weighted by molar-refractivity contribution is 0.198. The Balaban J connectivity index is 2.40. The highest BCUT2D eigenvalue weighted by molar-refractivity contribution is 5.57. The topological polar surface area (TPSA) is 23.5 Å². The van der Waals surface area contributed by atoms with E-state index in [9.17, 15) is 9.50 Å². The smallest absolute Gasteiger partial charge is 0.126 e. The fraction of sp³-hybridized carbons (Fsp3) is 0.625. The number of anilines is 1. The molecule has 2 unspecified atom stereocenters. The second kappa shape index (κ2) is 5.49. The van der Waals surface area contributed by atoms with Crippen LogP contribution in [0.3, 0.4) is 0 Å². The molecule has 2 rings (SSSR count). The third-order valence-corrected chi connectivity index (χ3v) is 4.21. The van der Waals surface area contributed by atoms with Crippen LogP contribution < -0.4 is 4.90 Å². The van der Waals surface area contributed by atoms with Gasteiger partial charge in [-0.25, -0.2) is 4.39 Å². The molecule has 0 amide bonds. The standard InChI is InChI=1S/C16H24FNO/c1-10-5-6-18(12(3)7-10)16-8-11(2)15(17)9-14(16)13(4)19/h8-10,12-13,19H,5-7H2,1-4H3/t10?,12?,13-/m1/s1. The van der Waals surface area contributed by atoms with Crippen LogP contribution in [-0.2, 0) is 0 Å². The van der Waals surface area contributed by atoms with Gasteiger partial charge in [0.2, 0.25) is 0 Å². The van der Waals surface area contributed by atoms with Crippen molar-refractivity contribution < 1.29 is 9.50 Å². The summed E-state index contributed by atoms with van der Waals surface area (Å²) in [6.07, 6.45) is 1.66. The van der Waals surface area contributed by atoms with Gasteiger partial charge in [-0.15, -0.1) is 0 Å². The Kier molecular flexibility index (Phi) is 4.14. The first-order valence-corrected chi connectivity index (χ1v) is 7.15. The van der Waals surface area contributed by atoms with Crippen molar-refractivity contribution in [1.29, 1.82) is 0 Å². The molecule has 1 aromatic rings. The van der Waals surface area contributed by atoms with Crippen LogP contribution in [0.25, 0.3) is 0 Å². The zero-order chi connectivity index (χ0) is 14.2. The Morgan fingerprint density at radius 3 is 2.63 bits per heavy atom. The van der Waals surface area contributed by atoms with E-state index in [1.165, 1.54) is 6.07 Å². The van der Waals surface area contributed by atoms with Crippen LogP contribution in [0.4, 0.5) is 10.1 Å². The van der Waals surface area contributed by atoms with E-state index in [0.29, 0.717) is 17.2 Å². The normalized spacial score (nSPS) is 25.5. The van der Waals surface area contributed by atoms with Crippen LogP contribution in [-0.4, -0.2) is 17.7 Å². The lowest BCUT2D eigenvalue weighted by Gasteiger charge is -2.39. The first kappa shape index (κ1) is 14.3. The highest BCUT2D eigenvalue weighted by Gasteiger charge is 2.26. The summed E-state index contributed by atoms with van der Waals surface area (Å²) < 4.78 is 13.7. The highest BCUT2D eigenvalue weighted by Crippen LogP contribution is 2.34. The number of aliphatic hydroxyl groups is 1. The first-order valence-electron chi connectivity index (χ1n) is 7.15. The van der Waals surface area contributed by atoms with E-state index in [2.05, 4.69) is 18.7 Å². The molecule has 1 fully saturated rings. The molecule has 1 saturated heterocycles. The molecule has 19 heavy (non-hydrogen) atoms. The Morgan fingerprint density at radius 1 is 1.37 bits per heavy atom. The second-order valence-electron chi connectivity index (χ2n) is 6.01. The average molecular weight is 265 g/mol. The highest BCUT2D eigenvalue weighted by atomic mass is 19.1. The molecule has 2 nitrogen and oxygen atoms in total. The van der Waals surface area contributed by atoms with Crippen molar-refractivity contribution in [3.63, 3.8) is 0 Å². The molecule has 1 aliphatic rings. The van der Waals surface area contributed by atoms with Gasteiger partial charge in [0, 0.05) is 23.8 Å². The molecule has 0 spiro atoms. The van der Waals surface area contributed by atoms with Gasteiger partial charge in [-0.3, -0.25) is 0 Å². The average Bonchev–Trinajstić information content (AvgIpc) is 2.32. The van der Waals surface area contributed by atoms with E-state index in [1.807, 2.05) is 6.07 Å². The Labute approximate surface area is 115 Å². The largest absolute Gasteiger partial charge is 0.389 e. The maximum atomic E-state index is 13.7. The maximum absolute atomic E-state index is 13.7. The number of nitrogens with zero attached hydrogens (tertiary/aromatic N) is 1. The summed E-state index contributed by atoms with van der Waals surface area (Å²) in [6.45, 7) is 8.94. The molecule has 0 aliphatic carbocycles. The van der Waals surface area contributed by atoms with Crippen molar-refractivity contribution in [2.75, 3.05) is 11.4 Å². The minimum atomic E-state index is -0.642. The lowest BCUT2D eigenvalue weighted by atomic mass is 9.91. The quantitative estimate of drug-likeness (QED) is 0.879. The van der Waals surface area contributed by atoms with Crippen LogP contribution >= 0.6 is 0 Å². The predicted molar refractivity (Wildman–Crippen MR) is 77.0 cm³/mol. The third kappa shape index (κ3) is 2.92. The van der Waals surface area contributed by atoms with Crippen molar-refractivity contribution in [2.24, 2.45) is 5.92 Å². The number of aliphatic hydroxyl groups excluding tert-OH is 1. The van der Waals surface area contributed by atoms with Crippen molar-refractivity contribution in [3.8, 4) is 0 Å². The monoisotopic (exact) mass is 265 g/mol. The summed E-state index contributed by atoms with van der Waals surface area (Å²) in [5.74, 6) is 0.500. The SMILES string of the molecule is Cc1cc(N2CCC(C)CC2C)c([C@@H](C)O)cc1F. The first-order chi connectivity index (χ1) is 8.90. The summed E-state index contributed by atoms with van der Waals surface area (Å²) in [5, 5.41) is 9.90. The van der Waals surface area contributed by atoms with Crippen LogP contribution in [0, 0.1) is 18.7 Å². The molecule has 0 radical (unpaired) electrons. The minimum Gasteiger partial charge on any atom is -0.389 e. The Bertz CT molecular complexity index is 458. The molecule has 1 aliphatic heterocycles. The lowest BCUT2D eigenvalue weighted by Crippen LogP contribution is -2.41. The number of halogens is 1. The summed E-state index contributed by atoms with van der Waals surface area (Å²) >= 11 is 0. The van der Waals surface area contributed by atoms with Gasteiger partial charge in [0.05, 0.1) is 6.10 Å². The van der Waals surface area contributed by atoms with E-state index in [4.69, 9.17) is 0 Å². The summed E-state index contributed by atoms with van der Waals surface area (Å²) in [6, 6.07) is 3.80. The van der Waals surface area contributed by atoms with Crippen LogP contribution in [0.1, 0.15) is 50.8 Å². The van der Waals surface area contributed by atoms with Crippen LogP contribution in [0.15, 0.2) is 12.1 Å². The summed E-state index contributed by atoms with van der Waals surface area (Å²) in [5.41, 5.74) is 2.34. The van der Waals surface area contributed by atoms with Gasteiger partial charge in [-0.2, -0.15) is 0 Å². The molecule has 3 heteroatoms. The van der Waals surface area contributed by atoms with Gasteiger partial charge in [0.15, 0.2) is 0 Å². The van der Waals surface area contributed by atoms with Gasteiger partial charge in [0.1, 0.15) is 5.82 Å². The van der Waals surface area contributed by atoms with E-state index in [-0.39, 0.29) is 5.82 Å². The predicted octanol–water partition coefficient (Wildman–Crippen LogP) is 3.81. The van der Waals surface area contributed by atoms with E-state index < -0.39 is 6.10 Å². The van der Waals surface area contributed by atoms with Gasteiger partial charge in [-0.05, 0) is 57.2 Å². The molecule has 1 N–H and O–H groups in total. The molecule has 0 saturated carbocycles. The van der Waals surface area contributed by atoms with Crippen molar-refractivity contribution in [1.82, 2.24) is 0 Å². The van der Waals surface area contributed by atoms with Gasteiger partial charge < -0.3 is 10.0 Å². The molecule has 1 aromatic carbocycles. The number of aryl methyl sites for hydroxylation is 1.